The molecule has 1 saturated heterocycles. The molecule has 1 aliphatic heterocycles. The predicted molar refractivity (Wildman–Crippen MR) is 63.1 cm³/mol. The van der Waals surface area contributed by atoms with Crippen LogP contribution in [0.2, 0.25) is 0 Å². The van der Waals surface area contributed by atoms with Crippen LogP contribution in [0.5, 0.6) is 0 Å². The van der Waals surface area contributed by atoms with Crippen molar-refractivity contribution in [1.82, 2.24) is 4.90 Å². The summed E-state index contributed by atoms with van der Waals surface area (Å²) < 4.78 is 0.640. The number of amides is 1. The summed E-state index contributed by atoms with van der Waals surface area (Å²) in [5, 5.41) is 0. The molecule has 0 spiro atoms. The lowest BCUT2D eigenvalue weighted by atomic mass is 10.1. The molecule has 0 aromatic heterocycles. The summed E-state index contributed by atoms with van der Waals surface area (Å²) >= 11 is 2.42. The first-order valence-electron chi connectivity index (χ1n) is 4.67. The van der Waals surface area contributed by atoms with E-state index in [1.165, 1.54) is 6.42 Å². The van der Waals surface area contributed by atoms with E-state index in [2.05, 4.69) is 22.6 Å². The van der Waals surface area contributed by atoms with Crippen molar-refractivity contribution < 1.29 is 4.79 Å². The fourth-order valence-corrected chi connectivity index (χ4v) is 2.38. The smallest absolute Gasteiger partial charge is 0.246 e. The van der Waals surface area contributed by atoms with Crippen LogP contribution in [0.25, 0.3) is 0 Å². The molecule has 2 nitrogen and oxygen atoms in total. The van der Waals surface area contributed by atoms with Gasteiger partial charge in [0.15, 0.2) is 0 Å². The Labute approximate surface area is 93.5 Å². The van der Waals surface area contributed by atoms with Crippen molar-refractivity contribution >= 4 is 28.5 Å². The summed E-state index contributed by atoms with van der Waals surface area (Å²) in [5.41, 5.74) is 1.08. The molecule has 0 aromatic rings. The summed E-state index contributed by atoms with van der Waals surface area (Å²) in [6, 6.07) is 0. The Bertz CT molecular complexity index is 221. The highest BCUT2D eigenvalue weighted by Crippen LogP contribution is 2.17. The molecule has 0 aromatic carbocycles. The zero-order valence-electron chi connectivity index (χ0n) is 8.22. The van der Waals surface area contributed by atoms with Crippen LogP contribution >= 0.6 is 22.6 Å². The lowest BCUT2D eigenvalue weighted by Gasteiger charge is -2.29. The van der Waals surface area contributed by atoms with Gasteiger partial charge in [0.25, 0.3) is 0 Å². The molecule has 1 heterocycles. The number of piperidine rings is 1. The third-order valence-electron chi connectivity index (χ3n) is 2.09. The van der Waals surface area contributed by atoms with Gasteiger partial charge < -0.3 is 4.90 Å². The van der Waals surface area contributed by atoms with Gasteiger partial charge in [0.2, 0.25) is 5.91 Å². The highest BCUT2D eigenvalue weighted by molar-refractivity contribution is 14.1. The van der Waals surface area contributed by atoms with E-state index < -0.39 is 0 Å². The van der Waals surface area contributed by atoms with Crippen molar-refractivity contribution in [1.29, 1.82) is 0 Å². The standard InChI is InChI=1S/C10H16INO/c1-8(2)6-10(13)12-5-3-4-9(11)7-12/h6,9H,3-5,7H2,1-2H3. The first-order valence-corrected chi connectivity index (χ1v) is 5.92. The zero-order chi connectivity index (χ0) is 9.84. The quantitative estimate of drug-likeness (QED) is 0.413. The second-order valence-corrected chi connectivity index (χ2v) is 5.51. The van der Waals surface area contributed by atoms with Crippen LogP contribution in [0.3, 0.4) is 0 Å². The van der Waals surface area contributed by atoms with Crippen LogP contribution in [0.1, 0.15) is 26.7 Å². The molecule has 1 unspecified atom stereocenters. The Hall–Kier alpha value is -0.0600. The first kappa shape index (κ1) is 11.0. The van der Waals surface area contributed by atoms with Gasteiger partial charge in [0.1, 0.15) is 0 Å². The van der Waals surface area contributed by atoms with Crippen LogP contribution in [0.4, 0.5) is 0 Å². The molecule has 0 N–H and O–H groups in total. The number of likely N-dealkylation sites (tertiary alicyclic amines) is 1. The average Bonchev–Trinajstić information content (AvgIpc) is 2.03. The van der Waals surface area contributed by atoms with Gasteiger partial charge in [-0.1, -0.05) is 28.2 Å². The monoisotopic (exact) mass is 293 g/mol. The van der Waals surface area contributed by atoms with Gasteiger partial charge in [-0.15, -0.1) is 0 Å². The number of carbonyl (C=O) groups excluding carboxylic acids is 1. The van der Waals surface area contributed by atoms with Gasteiger partial charge in [-0.25, -0.2) is 0 Å². The third-order valence-corrected chi connectivity index (χ3v) is 3.10. The topological polar surface area (TPSA) is 20.3 Å². The third kappa shape index (κ3) is 3.67. The molecule has 1 atom stereocenters. The number of nitrogens with zero attached hydrogens (tertiary/aromatic N) is 1. The average molecular weight is 293 g/mol. The molecule has 0 aliphatic carbocycles. The molecule has 0 radical (unpaired) electrons. The molecular weight excluding hydrogens is 277 g/mol. The first-order chi connectivity index (χ1) is 6.09. The molecule has 74 valence electrons. The molecule has 0 saturated carbocycles. The second kappa shape index (κ2) is 4.98. The normalized spacial score (nSPS) is 22.7. The molecule has 1 aliphatic rings. The summed E-state index contributed by atoms with van der Waals surface area (Å²) in [6.07, 6.45) is 4.13. The second-order valence-electron chi connectivity index (χ2n) is 3.75. The zero-order valence-corrected chi connectivity index (χ0v) is 10.4. The fraction of sp³-hybridized carbons (Fsp3) is 0.700. The Kier molecular flexibility index (Phi) is 4.22. The van der Waals surface area contributed by atoms with Crippen molar-refractivity contribution in [3.63, 3.8) is 0 Å². The van der Waals surface area contributed by atoms with E-state index in [1.54, 1.807) is 6.08 Å². The minimum absolute atomic E-state index is 0.182. The largest absolute Gasteiger partial charge is 0.338 e. The maximum absolute atomic E-state index is 11.6. The van der Waals surface area contributed by atoms with E-state index in [-0.39, 0.29) is 5.91 Å². The lowest BCUT2D eigenvalue weighted by Crippen LogP contribution is -2.39. The summed E-state index contributed by atoms with van der Waals surface area (Å²) in [7, 11) is 0. The van der Waals surface area contributed by atoms with Crippen LogP contribution in [-0.2, 0) is 4.79 Å². The van der Waals surface area contributed by atoms with E-state index in [1.807, 2.05) is 18.7 Å². The molecule has 1 amide bonds. The van der Waals surface area contributed by atoms with Crippen LogP contribution < -0.4 is 0 Å². The van der Waals surface area contributed by atoms with E-state index in [4.69, 9.17) is 0 Å². The van der Waals surface area contributed by atoms with E-state index in [0.29, 0.717) is 3.92 Å². The SMILES string of the molecule is CC(C)=CC(=O)N1CCCC(I)C1. The highest BCUT2D eigenvalue weighted by atomic mass is 127. The Morgan fingerprint density at radius 2 is 2.23 bits per heavy atom. The maximum Gasteiger partial charge on any atom is 0.246 e. The minimum Gasteiger partial charge on any atom is -0.338 e. The molecule has 0 bridgehead atoms. The summed E-state index contributed by atoms with van der Waals surface area (Å²) in [6.45, 7) is 5.78. The predicted octanol–water partition coefficient (Wildman–Crippen LogP) is 2.38. The van der Waals surface area contributed by atoms with E-state index >= 15 is 0 Å². The van der Waals surface area contributed by atoms with Crippen molar-refractivity contribution in [2.75, 3.05) is 13.1 Å². The number of hydrogen-bond donors (Lipinski definition) is 0. The minimum atomic E-state index is 0.182. The Morgan fingerprint density at radius 3 is 2.77 bits per heavy atom. The van der Waals surface area contributed by atoms with Crippen LogP contribution in [0.15, 0.2) is 11.6 Å². The number of carbonyl (C=O) groups is 1. The molecular formula is C10H16INO. The van der Waals surface area contributed by atoms with Crippen molar-refractivity contribution in [3.8, 4) is 0 Å². The Balaban J connectivity index is 2.51. The van der Waals surface area contributed by atoms with Gasteiger partial charge in [-0.05, 0) is 26.7 Å². The lowest BCUT2D eigenvalue weighted by molar-refractivity contribution is -0.126. The van der Waals surface area contributed by atoms with Crippen LogP contribution in [0, 0.1) is 0 Å². The van der Waals surface area contributed by atoms with Gasteiger partial charge in [0.05, 0.1) is 0 Å². The maximum atomic E-state index is 11.6. The van der Waals surface area contributed by atoms with Gasteiger partial charge >= 0.3 is 0 Å². The number of hydrogen-bond acceptors (Lipinski definition) is 1. The number of alkyl halides is 1. The van der Waals surface area contributed by atoms with Crippen molar-refractivity contribution in [2.24, 2.45) is 0 Å². The van der Waals surface area contributed by atoms with Gasteiger partial charge in [0, 0.05) is 23.1 Å². The van der Waals surface area contributed by atoms with Crippen molar-refractivity contribution in [3.05, 3.63) is 11.6 Å². The number of halogens is 1. The number of rotatable bonds is 1. The summed E-state index contributed by atoms with van der Waals surface area (Å²) in [5.74, 6) is 0.182. The highest BCUT2D eigenvalue weighted by Gasteiger charge is 2.19. The van der Waals surface area contributed by atoms with Gasteiger partial charge in [-0.3, -0.25) is 4.79 Å². The van der Waals surface area contributed by atoms with Crippen molar-refractivity contribution in [2.45, 2.75) is 30.6 Å². The van der Waals surface area contributed by atoms with E-state index in [0.717, 1.165) is 25.1 Å². The Morgan fingerprint density at radius 1 is 1.54 bits per heavy atom. The van der Waals surface area contributed by atoms with Gasteiger partial charge in [-0.2, -0.15) is 0 Å². The molecule has 1 fully saturated rings. The molecule has 3 heteroatoms. The molecule has 13 heavy (non-hydrogen) atoms. The molecule has 1 rings (SSSR count). The van der Waals surface area contributed by atoms with E-state index in [9.17, 15) is 4.79 Å². The fourth-order valence-electron chi connectivity index (χ4n) is 1.46. The number of allylic oxidation sites excluding steroid dienone is 1. The van der Waals surface area contributed by atoms with Crippen LogP contribution in [-0.4, -0.2) is 27.8 Å². The summed E-state index contributed by atoms with van der Waals surface area (Å²) in [4.78, 5) is 13.6.